The van der Waals surface area contributed by atoms with Gasteiger partial charge in [0.05, 0.1) is 17.1 Å². The van der Waals surface area contributed by atoms with Crippen LogP contribution in [-0.4, -0.2) is 36.9 Å². The van der Waals surface area contributed by atoms with Crippen molar-refractivity contribution in [3.8, 4) is 0 Å². The normalized spacial score (nSPS) is 19.3. The zero-order valence-corrected chi connectivity index (χ0v) is 16.3. The quantitative estimate of drug-likeness (QED) is 0.754. The molecule has 2 atom stereocenters. The van der Waals surface area contributed by atoms with E-state index >= 15 is 0 Å². The molecular weight excluding hydrogens is 406 g/mol. The second kappa shape index (κ2) is 9.61. The topological polar surface area (TPSA) is 75.4 Å². The fourth-order valence-electron chi connectivity index (χ4n) is 3.24. The van der Waals surface area contributed by atoms with Crippen molar-refractivity contribution in [2.24, 2.45) is 17.6 Å². The van der Waals surface area contributed by atoms with Crippen LogP contribution >= 0.6 is 24.0 Å². The summed E-state index contributed by atoms with van der Waals surface area (Å²) in [6, 6.07) is 3.11. The van der Waals surface area contributed by atoms with Gasteiger partial charge in [-0.3, -0.25) is 9.59 Å². The number of alkyl halides is 3. The molecule has 2 amide bonds. The van der Waals surface area contributed by atoms with Gasteiger partial charge in [0, 0.05) is 18.7 Å². The van der Waals surface area contributed by atoms with Crippen LogP contribution in [0.2, 0.25) is 5.02 Å². The number of likely N-dealkylation sites (N-methyl/N-ethyl adjacent to an activating group) is 1. The fourth-order valence-corrected chi connectivity index (χ4v) is 3.47. The van der Waals surface area contributed by atoms with Crippen LogP contribution < -0.4 is 11.1 Å². The molecule has 27 heavy (non-hydrogen) atoms. The van der Waals surface area contributed by atoms with Gasteiger partial charge in [-0.1, -0.05) is 18.0 Å². The van der Waals surface area contributed by atoms with Gasteiger partial charge in [0.15, 0.2) is 0 Å². The number of hydrogen-bond acceptors (Lipinski definition) is 3. The molecule has 0 saturated heterocycles. The van der Waals surface area contributed by atoms with Gasteiger partial charge in [0.25, 0.3) is 0 Å². The molecule has 0 heterocycles. The van der Waals surface area contributed by atoms with Gasteiger partial charge in [-0.15, -0.1) is 12.4 Å². The number of amides is 2. The highest BCUT2D eigenvalue weighted by Crippen LogP contribution is 2.36. The second-order valence-corrected chi connectivity index (χ2v) is 6.88. The molecule has 1 saturated carbocycles. The number of nitrogens with one attached hydrogen (secondary N) is 1. The van der Waals surface area contributed by atoms with E-state index in [2.05, 4.69) is 5.32 Å². The third-order valence-electron chi connectivity index (χ3n) is 4.59. The molecule has 152 valence electrons. The van der Waals surface area contributed by atoms with E-state index in [9.17, 15) is 22.8 Å². The van der Waals surface area contributed by atoms with E-state index in [0.717, 1.165) is 31.4 Å². The molecule has 3 N–H and O–H groups in total. The molecule has 1 aromatic rings. The van der Waals surface area contributed by atoms with E-state index in [-0.39, 0.29) is 42.4 Å². The number of benzene rings is 1. The van der Waals surface area contributed by atoms with E-state index in [0.29, 0.717) is 6.54 Å². The summed E-state index contributed by atoms with van der Waals surface area (Å²) in [6.45, 7) is 0.165. The van der Waals surface area contributed by atoms with E-state index in [1.165, 1.54) is 18.0 Å². The summed E-state index contributed by atoms with van der Waals surface area (Å²) in [5.41, 5.74) is 4.61. The summed E-state index contributed by atoms with van der Waals surface area (Å²) >= 11 is 5.55. The molecule has 0 aromatic heterocycles. The van der Waals surface area contributed by atoms with Crippen molar-refractivity contribution in [1.29, 1.82) is 0 Å². The van der Waals surface area contributed by atoms with Crippen LogP contribution in [0.15, 0.2) is 18.2 Å². The Morgan fingerprint density at radius 1 is 1.33 bits per heavy atom. The van der Waals surface area contributed by atoms with Gasteiger partial charge in [-0.25, -0.2) is 0 Å². The maximum absolute atomic E-state index is 12.9. The Balaban J connectivity index is 0.00000364. The molecule has 0 radical (unpaired) electrons. The van der Waals surface area contributed by atoms with Crippen molar-refractivity contribution in [3.05, 3.63) is 28.8 Å². The predicted molar refractivity (Wildman–Crippen MR) is 99.9 cm³/mol. The standard InChI is InChI=1S/C17H21ClF3N3O2.ClH/c1-24(16(26)12-4-2-3-10(12)8-22)9-15(25)23-11-5-6-14(18)13(7-11)17(19,20)21;/h5-7,10,12H,2-4,8-9,22H2,1H3,(H,23,25);1H/t10-,12-;/m1./s1. The second-order valence-electron chi connectivity index (χ2n) is 6.47. The number of carbonyl (C=O) groups is 2. The first-order valence-corrected chi connectivity index (χ1v) is 8.63. The van der Waals surface area contributed by atoms with E-state index in [1.807, 2.05) is 0 Å². The Morgan fingerprint density at radius 3 is 2.59 bits per heavy atom. The van der Waals surface area contributed by atoms with Crippen LogP contribution in [0.5, 0.6) is 0 Å². The van der Waals surface area contributed by atoms with Crippen molar-refractivity contribution >= 4 is 41.5 Å². The van der Waals surface area contributed by atoms with Crippen molar-refractivity contribution in [1.82, 2.24) is 4.90 Å². The summed E-state index contributed by atoms with van der Waals surface area (Å²) in [5, 5.41) is 1.92. The third kappa shape index (κ3) is 5.99. The Labute approximate surface area is 166 Å². The fraction of sp³-hybridized carbons (Fsp3) is 0.529. The Kier molecular flexibility index (Phi) is 8.38. The Hall–Kier alpha value is -1.51. The van der Waals surface area contributed by atoms with Crippen LogP contribution in [0.3, 0.4) is 0 Å². The predicted octanol–water partition coefficient (Wildman–Crippen LogP) is 3.55. The lowest BCUT2D eigenvalue weighted by Gasteiger charge is -2.24. The minimum absolute atomic E-state index is 0. The number of rotatable bonds is 5. The minimum atomic E-state index is -4.62. The number of nitrogens with zero attached hydrogens (tertiary/aromatic N) is 1. The summed E-state index contributed by atoms with van der Waals surface area (Å²) in [6.07, 6.45) is -2.08. The average molecular weight is 428 g/mol. The van der Waals surface area contributed by atoms with Crippen molar-refractivity contribution in [2.75, 3.05) is 25.5 Å². The number of carbonyl (C=O) groups excluding carboxylic acids is 2. The Morgan fingerprint density at radius 2 is 2.00 bits per heavy atom. The van der Waals surface area contributed by atoms with Crippen LogP contribution in [0.4, 0.5) is 18.9 Å². The lowest BCUT2D eigenvalue weighted by molar-refractivity contribution is -0.138. The van der Waals surface area contributed by atoms with E-state index in [1.54, 1.807) is 0 Å². The van der Waals surface area contributed by atoms with E-state index in [4.69, 9.17) is 17.3 Å². The summed E-state index contributed by atoms with van der Waals surface area (Å²) in [7, 11) is 1.50. The molecule has 0 bridgehead atoms. The zero-order valence-electron chi connectivity index (χ0n) is 14.7. The van der Waals surface area contributed by atoms with Gasteiger partial charge >= 0.3 is 6.18 Å². The van der Waals surface area contributed by atoms with Crippen LogP contribution in [0, 0.1) is 11.8 Å². The molecular formula is C17H22Cl2F3N3O2. The monoisotopic (exact) mass is 427 g/mol. The van der Waals surface area contributed by atoms with Crippen molar-refractivity contribution in [3.63, 3.8) is 0 Å². The summed E-state index contributed by atoms with van der Waals surface area (Å²) < 4.78 is 38.6. The van der Waals surface area contributed by atoms with E-state index < -0.39 is 22.7 Å². The van der Waals surface area contributed by atoms with Crippen LogP contribution in [-0.2, 0) is 15.8 Å². The summed E-state index contributed by atoms with van der Waals surface area (Å²) in [5.74, 6) is -0.845. The lowest BCUT2D eigenvalue weighted by atomic mass is 9.95. The number of hydrogen-bond donors (Lipinski definition) is 2. The van der Waals surface area contributed by atoms with Gasteiger partial charge in [-0.05, 0) is 43.5 Å². The lowest BCUT2D eigenvalue weighted by Crippen LogP contribution is -2.40. The maximum atomic E-state index is 12.9. The molecule has 2 rings (SSSR count). The molecule has 0 unspecified atom stereocenters. The number of nitrogens with two attached hydrogens (primary N) is 1. The molecule has 10 heteroatoms. The van der Waals surface area contributed by atoms with Crippen molar-refractivity contribution < 1.29 is 22.8 Å². The first-order chi connectivity index (χ1) is 12.1. The average Bonchev–Trinajstić information content (AvgIpc) is 3.03. The summed E-state index contributed by atoms with van der Waals surface area (Å²) in [4.78, 5) is 25.8. The zero-order chi connectivity index (χ0) is 19.5. The molecule has 1 aliphatic carbocycles. The van der Waals surface area contributed by atoms with Crippen LogP contribution in [0.25, 0.3) is 0 Å². The highest BCUT2D eigenvalue weighted by atomic mass is 35.5. The number of anilines is 1. The molecule has 1 aromatic carbocycles. The van der Waals surface area contributed by atoms with Gasteiger partial charge in [0.2, 0.25) is 11.8 Å². The first kappa shape index (κ1) is 23.5. The Bertz CT molecular complexity index is 686. The third-order valence-corrected chi connectivity index (χ3v) is 4.92. The number of halogens is 5. The van der Waals surface area contributed by atoms with Gasteiger partial charge < -0.3 is 16.0 Å². The molecule has 5 nitrogen and oxygen atoms in total. The SMILES string of the molecule is CN(CC(=O)Nc1ccc(Cl)c(C(F)(F)F)c1)C(=O)[C@@H]1CCC[C@@H]1CN.Cl. The van der Waals surface area contributed by atoms with Gasteiger partial charge in [-0.2, -0.15) is 13.2 Å². The highest BCUT2D eigenvalue weighted by Gasteiger charge is 2.35. The smallest absolute Gasteiger partial charge is 0.336 e. The largest absolute Gasteiger partial charge is 0.417 e. The van der Waals surface area contributed by atoms with Crippen LogP contribution in [0.1, 0.15) is 24.8 Å². The first-order valence-electron chi connectivity index (χ1n) is 8.25. The molecule has 1 aliphatic rings. The minimum Gasteiger partial charge on any atom is -0.336 e. The van der Waals surface area contributed by atoms with Crippen molar-refractivity contribution in [2.45, 2.75) is 25.4 Å². The maximum Gasteiger partial charge on any atom is 0.417 e. The molecule has 1 fully saturated rings. The molecule has 0 aliphatic heterocycles. The highest BCUT2D eigenvalue weighted by molar-refractivity contribution is 6.31. The van der Waals surface area contributed by atoms with Gasteiger partial charge in [0.1, 0.15) is 0 Å². The molecule has 0 spiro atoms.